The van der Waals surface area contributed by atoms with Crippen molar-refractivity contribution in [3.05, 3.63) is 59.7 Å². The lowest BCUT2D eigenvalue weighted by atomic mass is 10.2. The first-order chi connectivity index (χ1) is 9.74. The van der Waals surface area contributed by atoms with E-state index in [-0.39, 0.29) is 30.7 Å². The van der Waals surface area contributed by atoms with Gasteiger partial charge in [-0.25, -0.2) is 0 Å². The first-order valence-electron chi connectivity index (χ1n) is 6.58. The highest BCUT2D eigenvalue weighted by molar-refractivity contribution is 5.94. The molecule has 0 aromatic carbocycles. The molecule has 22 heavy (non-hydrogen) atoms. The Kier molecular flexibility index (Phi) is 9.33. The van der Waals surface area contributed by atoms with Crippen LogP contribution in [0.2, 0.25) is 0 Å². The molecule has 2 aromatic rings. The number of amides is 1. The smallest absolute Gasteiger partial charge is 0.254 e. The van der Waals surface area contributed by atoms with Crippen LogP contribution in [0.1, 0.15) is 28.7 Å². The zero-order valence-corrected chi connectivity index (χ0v) is 13.9. The van der Waals surface area contributed by atoms with Crippen molar-refractivity contribution >= 4 is 30.7 Å². The molecule has 0 spiro atoms. The quantitative estimate of drug-likeness (QED) is 0.905. The minimum atomic E-state index is -0.0322. The summed E-state index contributed by atoms with van der Waals surface area (Å²) >= 11 is 0. The van der Waals surface area contributed by atoms with E-state index in [1.165, 1.54) is 0 Å². The van der Waals surface area contributed by atoms with Crippen LogP contribution in [0.3, 0.4) is 0 Å². The molecule has 2 aromatic heterocycles. The third-order valence-corrected chi connectivity index (χ3v) is 3.02. The molecular weight excluding hydrogens is 323 g/mol. The standard InChI is InChI=1S/C15H18N4O.2ClH/c1-2-19(11-13-5-3-4-7-17-13)15(20)12-6-8-18-14(9-12)10-16;;/h3-9H,2,10-11,16H2,1H3;2*1H. The van der Waals surface area contributed by atoms with Crippen molar-refractivity contribution in [3.8, 4) is 0 Å². The van der Waals surface area contributed by atoms with Gasteiger partial charge in [0.2, 0.25) is 0 Å². The molecule has 0 radical (unpaired) electrons. The lowest BCUT2D eigenvalue weighted by molar-refractivity contribution is 0.0750. The molecule has 120 valence electrons. The molecule has 2 rings (SSSR count). The first kappa shape index (κ1) is 20.3. The lowest BCUT2D eigenvalue weighted by Crippen LogP contribution is -2.30. The molecule has 0 saturated heterocycles. The molecule has 0 saturated carbocycles. The predicted octanol–water partition coefficient (Wildman–Crippen LogP) is 2.44. The minimum absolute atomic E-state index is 0. The van der Waals surface area contributed by atoms with E-state index in [2.05, 4.69) is 9.97 Å². The molecule has 0 aliphatic carbocycles. The van der Waals surface area contributed by atoms with Gasteiger partial charge < -0.3 is 10.6 Å². The fourth-order valence-electron chi connectivity index (χ4n) is 1.92. The summed E-state index contributed by atoms with van der Waals surface area (Å²) < 4.78 is 0. The van der Waals surface area contributed by atoms with E-state index >= 15 is 0 Å². The number of carbonyl (C=O) groups excluding carboxylic acids is 1. The van der Waals surface area contributed by atoms with Crippen LogP contribution in [-0.2, 0) is 13.1 Å². The Morgan fingerprint density at radius 2 is 1.86 bits per heavy atom. The van der Waals surface area contributed by atoms with Gasteiger partial charge >= 0.3 is 0 Å². The number of hydrogen-bond donors (Lipinski definition) is 1. The van der Waals surface area contributed by atoms with Gasteiger partial charge in [0.15, 0.2) is 0 Å². The maximum absolute atomic E-state index is 12.5. The highest BCUT2D eigenvalue weighted by Gasteiger charge is 2.15. The number of halogens is 2. The molecule has 0 aliphatic rings. The number of carbonyl (C=O) groups is 1. The molecule has 7 heteroatoms. The second kappa shape index (κ2) is 10.1. The summed E-state index contributed by atoms with van der Waals surface area (Å²) in [5, 5.41) is 0. The summed E-state index contributed by atoms with van der Waals surface area (Å²) in [5.74, 6) is -0.0322. The van der Waals surface area contributed by atoms with Crippen LogP contribution < -0.4 is 5.73 Å². The van der Waals surface area contributed by atoms with Crippen LogP contribution in [0.15, 0.2) is 42.7 Å². The second-order valence-electron chi connectivity index (χ2n) is 4.38. The Bertz CT molecular complexity index is 581. The number of rotatable bonds is 5. The second-order valence-corrected chi connectivity index (χ2v) is 4.38. The monoisotopic (exact) mass is 342 g/mol. The summed E-state index contributed by atoms with van der Waals surface area (Å²) in [6.07, 6.45) is 3.34. The zero-order valence-electron chi connectivity index (χ0n) is 12.3. The van der Waals surface area contributed by atoms with Crippen LogP contribution >= 0.6 is 24.8 Å². The number of aromatic nitrogens is 2. The molecule has 0 bridgehead atoms. The Labute approximate surface area is 142 Å². The van der Waals surface area contributed by atoms with Gasteiger partial charge in [-0.3, -0.25) is 14.8 Å². The van der Waals surface area contributed by atoms with Gasteiger partial charge in [0.05, 0.1) is 17.9 Å². The molecular formula is C15H20Cl2N4O. The van der Waals surface area contributed by atoms with Crippen LogP contribution in [0.4, 0.5) is 0 Å². The van der Waals surface area contributed by atoms with E-state index in [4.69, 9.17) is 5.73 Å². The first-order valence-corrected chi connectivity index (χ1v) is 6.58. The molecule has 0 atom stereocenters. The van der Waals surface area contributed by atoms with Crippen molar-refractivity contribution in [1.82, 2.24) is 14.9 Å². The number of pyridine rings is 2. The number of hydrogen-bond acceptors (Lipinski definition) is 4. The van der Waals surface area contributed by atoms with E-state index in [9.17, 15) is 4.79 Å². The number of nitrogens with two attached hydrogens (primary N) is 1. The highest BCUT2D eigenvalue weighted by atomic mass is 35.5. The summed E-state index contributed by atoms with van der Waals surface area (Å²) in [6.45, 7) is 3.39. The molecule has 2 heterocycles. The van der Waals surface area contributed by atoms with Gasteiger partial charge in [-0.15, -0.1) is 24.8 Å². The highest BCUT2D eigenvalue weighted by Crippen LogP contribution is 2.09. The van der Waals surface area contributed by atoms with Crippen LogP contribution in [0, 0.1) is 0 Å². The van der Waals surface area contributed by atoms with Crippen molar-refractivity contribution in [2.75, 3.05) is 6.54 Å². The summed E-state index contributed by atoms with van der Waals surface area (Å²) in [4.78, 5) is 22.6. The van der Waals surface area contributed by atoms with E-state index in [1.807, 2.05) is 25.1 Å². The molecule has 0 unspecified atom stereocenters. The normalized spacial score (nSPS) is 9.36. The van der Waals surface area contributed by atoms with E-state index < -0.39 is 0 Å². The Hall–Kier alpha value is -1.69. The van der Waals surface area contributed by atoms with Crippen LogP contribution in [0.25, 0.3) is 0 Å². The molecule has 5 nitrogen and oxygen atoms in total. The van der Waals surface area contributed by atoms with E-state index in [0.717, 1.165) is 5.69 Å². The Morgan fingerprint density at radius 1 is 1.14 bits per heavy atom. The van der Waals surface area contributed by atoms with E-state index in [0.29, 0.717) is 30.9 Å². The molecule has 1 amide bonds. The summed E-state index contributed by atoms with van der Waals surface area (Å²) in [7, 11) is 0. The fourth-order valence-corrected chi connectivity index (χ4v) is 1.92. The maximum atomic E-state index is 12.5. The van der Waals surface area contributed by atoms with Gasteiger partial charge in [-0.2, -0.15) is 0 Å². The van der Waals surface area contributed by atoms with Crippen LogP contribution in [-0.4, -0.2) is 27.3 Å². The molecule has 0 aliphatic heterocycles. The summed E-state index contributed by atoms with van der Waals surface area (Å²) in [5.41, 5.74) is 7.75. The number of nitrogens with zero attached hydrogens (tertiary/aromatic N) is 3. The Balaban J connectivity index is 0.00000220. The third kappa shape index (κ3) is 5.26. The SMILES string of the molecule is CCN(Cc1ccccn1)C(=O)c1ccnc(CN)c1.Cl.Cl. The largest absolute Gasteiger partial charge is 0.333 e. The van der Waals surface area contributed by atoms with Gasteiger partial charge in [-0.05, 0) is 31.2 Å². The lowest BCUT2D eigenvalue weighted by Gasteiger charge is -2.20. The average molecular weight is 343 g/mol. The van der Waals surface area contributed by atoms with Crippen LogP contribution in [0.5, 0.6) is 0 Å². The molecule has 2 N–H and O–H groups in total. The average Bonchev–Trinajstić information content (AvgIpc) is 2.53. The minimum Gasteiger partial charge on any atom is -0.333 e. The van der Waals surface area contributed by atoms with Gasteiger partial charge in [0, 0.05) is 31.0 Å². The molecule has 0 fully saturated rings. The predicted molar refractivity (Wildman–Crippen MR) is 91.3 cm³/mol. The van der Waals surface area contributed by atoms with E-state index in [1.54, 1.807) is 29.4 Å². The third-order valence-electron chi connectivity index (χ3n) is 3.02. The fraction of sp³-hybridized carbons (Fsp3) is 0.267. The van der Waals surface area contributed by atoms with Crippen molar-refractivity contribution < 1.29 is 4.79 Å². The Morgan fingerprint density at radius 3 is 2.45 bits per heavy atom. The van der Waals surface area contributed by atoms with Crippen molar-refractivity contribution in [2.24, 2.45) is 5.73 Å². The maximum Gasteiger partial charge on any atom is 0.254 e. The van der Waals surface area contributed by atoms with Crippen molar-refractivity contribution in [2.45, 2.75) is 20.0 Å². The topological polar surface area (TPSA) is 72.1 Å². The van der Waals surface area contributed by atoms with Crippen molar-refractivity contribution in [3.63, 3.8) is 0 Å². The van der Waals surface area contributed by atoms with Gasteiger partial charge in [-0.1, -0.05) is 6.07 Å². The zero-order chi connectivity index (χ0) is 14.4. The van der Waals surface area contributed by atoms with Crippen molar-refractivity contribution in [1.29, 1.82) is 0 Å². The van der Waals surface area contributed by atoms with Gasteiger partial charge in [0.1, 0.15) is 0 Å². The summed E-state index contributed by atoms with van der Waals surface area (Å²) in [6, 6.07) is 9.14. The van der Waals surface area contributed by atoms with Gasteiger partial charge in [0.25, 0.3) is 5.91 Å².